The molecule has 0 bridgehead atoms. The number of esters is 2. The van der Waals surface area contributed by atoms with Gasteiger partial charge in [0.25, 0.3) is 0 Å². The van der Waals surface area contributed by atoms with Crippen molar-refractivity contribution in [2.45, 2.75) is 27.7 Å². The number of halogens is 1. The van der Waals surface area contributed by atoms with E-state index in [9.17, 15) is 9.59 Å². The average Bonchev–Trinajstić information content (AvgIpc) is 2.59. The molecule has 5 nitrogen and oxygen atoms in total. The lowest BCUT2D eigenvalue weighted by molar-refractivity contribution is -0.146. The maximum Gasteiger partial charge on any atom is 0.336 e. The zero-order valence-corrected chi connectivity index (χ0v) is 17.6. The highest BCUT2D eigenvalue weighted by molar-refractivity contribution is 9.10. The molecule has 0 fully saturated rings. The van der Waals surface area contributed by atoms with Gasteiger partial charge in [-0.05, 0) is 45.4 Å². The summed E-state index contributed by atoms with van der Waals surface area (Å²) in [5, 5.41) is 0. The van der Waals surface area contributed by atoms with Crippen molar-refractivity contribution in [2.75, 3.05) is 13.2 Å². The molecular formula is C21H24BrNO4. The van der Waals surface area contributed by atoms with Crippen molar-refractivity contribution in [2.24, 2.45) is 16.8 Å². The fraction of sp³-hybridized carbons (Fsp3) is 0.381. The Morgan fingerprint density at radius 1 is 1.19 bits per heavy atom. The second-order valence-electron chi connectivity index (χ2n) is 6.14. The number of benzene rings is 1. The summed E-state index contributed by atoms with van der Waals surface area (Å²) in [7, 11) is 0. The van der Waals surface area contributed by atoms with Crippen LogP contribution in [0, 0.1) is 11.8 Å². The molecule has 1 aliphatic rings. The number of carbonyl (C=O) groups excluding carboxylic acids is 2. The summed E-state index contributed by atoms with van der Waals surface area (Å²) in [6.07, 6.45) is 3.75. The smallest absolute Gasteiger partial charge is 0.336 e. The summed E-state index contributed by atoms with van der Waals surface area (Å²) in [6, 6.07) is 7.77. The molecule has 6 heteroatoms. The molecule has 1 heterocycles. The summed E-state index contributed by atoms with van der Waals surface area (Å²) >= 11 is 3.45. The van der Waals surface area contributed by atoms with E-state index < -0.39 is 23.8 Å². The van der Waals surface area contributed by atoms with Gasteiger partial charge < -0.3 is 9.47 Å². The van der Waals surface area contributed by atoms with Crippen molar-refractivity contribution in [3.8, 4) is 0 Å². The fourth-order valence-electron chi connectivity index (χ4n) is 3.14. The van der Waals surface area contributed by atoms with Crippen LogP contribution >= 0.6 is 15.9 Å². The van der Waals surface area contributed by atoms with Crippen molar-refractivity contribution < 1.29 is 19.1 Å². The molecule has 0 spiro atoms. The first-order chi connectivity index (χ1) is 12.9. The van der Waals surface area contributed by atoms with Gasteiger partial charge in [0.05, 0.1) is 18.8 Å². The van der Waals surface area contributed by atoms with Gasteiger partial charge >= 0.3 is 11.9 Å². The number of rotatable bonds is 6. The molecule has 0 amide bonds. The van der Waals surface area contributed by atoms with E-state index in [-0.39, 0.29) is 13.2 Å². The Hall–Kier alpha value is -2.21. The van der Waals surface area contributed by atoms with Crippen LogP contribution < -0.4 is 0 Å². The van der Waals surface area contributed by atoms with Crippen LogP contribution in [-0.4, -0.2) is 30.9 Å². The lowest BCUT2D eigenvalue weighted by Crippen LogP contribution is -2.37. The molecule has 1 aliphatic heterocycles. The van der Waals surface area contributed by atoms with E-state index in [1.807, 2.05) is 36.4 Å². The molecule has 0 radical (unpaired) electrons. The van der Waals surface area contributed by atoms with Crippen LogP contribution in [0.5, 0.6) is 0 Å². The van der Waals surface area contributed by atoms with E-state index >= 15 is 0 Å². The lowest BCUT2D eigenvalue weighted by Gasteiger charge is -2.29. The molecule has 0 N–H and O–H groups in total. The van der Waals surface area contributed by atoms with E-state index in [0.29, 0.717) is 17.0 Å². The average molecular weight is 434 g/mol. The topological polar surface area (TPSA) is 65.0 Å². The van der Waals surface area contributed by atoms with Crippen LogP contribution in [0.3, 0.4) is 0 Å². The summed E-state index contributed by atoms with van der Waals surface area (Å²) in [6.45, 7) is 7.57. The van der Waals surface area contributed by atoms with Gasteiger partial charge in [0.2, 0.25) is 0 Å². The Balaban J connectivity index is 2.49. The Bertz CT molecular complexity index is 810. The van der Waals surface area contributed by atoms with E-state index in [2.05, 4.69) is 20.9 Å². The summed E-state index contributed by atoms with van der Waals surface area (Å²) in [5.41, 5.74) is 2.54. The zero-order chi connectivity index (χ0) is 20.0. The van der Waals surface area contributed by atoms with Gasteiger partial charge in [-0.3, -0.25) is 9.79 Å². The Morgan fingerprint density at radius 3 is 2.52 bits per heavy atom. The number of hydrogen-bond donors (Lipinski definition) is 0. The molecule has 0 aromatic heterocycles. The molecule has 2 unspecified atom stereocenters. The minimum absolute atomic E-state index is 0.254. The van der Waals surface area contributed by atoms with Crippen LogP contribution in [0.1, 0.15) is 33.3 Å². The van der Waals surface area contributed by atoms with Crippen molar-refractivity contribution in [1.82, 2.24) is 0 Å². The zero-order valence-electron chi connectivity index (χ0n) is 16.0. The third-order valence-corrected chi connectivity index (χ3v) is 4.75. The monoisotopic (exact) mass is 433 g/mol. The SMILES string of the molecule is CCOC(=O)C1=C(C)N=C(C)C(C(=O)OCC)C1C=Cc1cccc(Br)c1. The van der Waals surface area contributed by atoms with Gasteiger partial charge in [0, 0.05) is 21.8 Å². The van der Waals surface area contributed by atoms with Gasteiger partial charge in [-0.2, -0.15) is 0 Å². The lowest BCUT2D eigenvalue weighted by atomic mass is 9.79. The second kappa shape index (κ2) is 9.65. The van der Waals surface area contributed by atoms with E-state index in [1.165, 1.54) is 0 Å². The standard InChI is InChI=1S/C21H24BrNO4/c1-5-26-20(24)18-13(3)23-14(4)19(21(25)27-6-2)17(18)11-10-15-8-7-9-16(22)12-15/h7-12,17-18H,5-6H2,1-4H3. The molecule has 2 atom stereocenters. The van der Waals surface area contributed by atoms with Crippen molar-refractivity contribution in [1.29, 1.82) is 0 Å². The number of hydrogen-bond acceptors (Lipinski definition) is 5. The van der Waals surface area contributed by atoms with Gasteiger partial charge in [0.15, 0.2) is 0 Å². The predicted octanol–water partition coefficient (Wildman–Crippen LogP) is 4.57. The number of carbonyl (C=O) groups is 2. The van der Waals surface area contributed by atoms with E-state index in [0.717, 1.165) is 10.0 Å². The molecule has 0 aliphatic carbocycles. The van der Waals surface area contributed by atoms with Crippen molar-refractivity contribution in [3.05, 3.63) is 51.6 Å². The van der Waals surface area contributed by atoms with Crippen LogP contribution in [-0.2, 0) is 19.1 Å². The first-order valence-electron chi connectivity index (χ1n) is 8.92. The van der Waals surface area contributed by atoms with Crippen molar-refractivity contribution in [3.63, 3.8) is 0 Å². The molecule has 0 saturated heterocycles. The largest absolute Gasteiger partial charge is 0.465 e. The first-order valence-corrected chi connectivity index (χ1v) is 9.71. The number of ether oxygens (including phenoxy) is 2. The molecule has 27 heavy (non-hydrogen) atoms. The summed E-state index contributed by atoms with van der Waals surface area (Å²) < 4.78 is 11.4. The molecule has 1 aromatic carbocycles. The Morgan fingerprint density at radius 2 is 1.89 bits per heavy atom. The predicted molar refractivity (Wildman–Crippen MR) is 109 cm³/mol. The van der Waals surface area contributed by atoms with Gasteiger partial charge in [-0.25, -0.2) is 4.79 Å². The van der Waals surface area contributed by atoms with Crippen LogP contribution in [0.4, 0.5) is 0 Å². The van der Waals surface area contributed by atoms with Crippen molar-refractivity contribution >= 4 is 39.7 Å². The van der Waals surface area contributed by atoms with Gasteiger partial charge in [-0.15, -0.1) is 0 Å². The highest BCUT2D eigenvalue weighted by Crippen LogP contribution is 2.34. The highest BCUT2D eigenvalue weighted by Gasteiger charge is 2.39. The number of aliphatic imine (C=N–C) groups is 1. The third kappa shape index (κ3) is 5.16. The molecular weight excluding hydrogens is 410 g/mol. The molecule has 144 valence electrons. The van der Waals surface area contributed by atoms with Crippen LogP contribution in [0.15, 0.2) is 51.1 Å². The Kier molecular flexibility index (Phi) is 7.54. The maximum atomic E-state index is 12.6. The van der Waals surface area contributed by atoms with Crippen LogP contribution in [0.25, 0.3) is 6.08 Å². The molecule has 1 aromatic rings. The Labute approximate surface area is 168 Å². The normalized spacial score (nSPS) is 19.8. The fourth-order valence-corrected chi connectivity index (χ4v) is 3.55. The van der Waals surface area contributed by atoms with E-state index in [1.54, 1.807) is 27.7 Å². The third-order valence-electron chi connectivity index (χ3n) is 4.26. The second-order valence-corrected chi connectivity index (χ2v) is 7.06. The molecule has 2 rings (SSSR count). The first kappa shape index (κ1) is 21.1. The number of allylic oxidation sites excluding steroid dienone is 2. The minimum atomic E-state index is -0.656. The minimum Gasteiger partial charge on any atom is -0.465 e. The number of nitrogens with zero attached hydrogens (tertiary/aromatic N) is 1. The van der Waals surface area contributed by atoms with E-state index in [4.69, 9.17) is 9.47 Å². The van der Waals surface area contributed by atoms with Crippen LogP contribution in [0.2, 0.25) is 0 Å². The summed E-state index contributed by atoms with van der Waals surface area (Å²) in [5.74, 6) is -2.00. The highest BCUT2D eigenvalue weighted by atomic mass is 79.9. The molecule has 0 saturated carbocycles. The van der Waals surface area contributed by atoms with Gasteiger partial charge in [0.1, 0.15) is 5.92 Å². The van der Waals surface area contributed by atoms with Gasteiger partial charge in [-0.1, -0.05) is 40.2 Å². The summed E-state index contributed by atoms with van der Waals surface area (Å²) in [4.78, 5) is 29.6. The maximum absolute atomic E-state index is 12.6. The quantitative estimate of drug-likeness (QED) is 0.616.